The van der Waals surface area contributed by atoms with Crippen LogP contribution in [0.2, 0.25) is 0 Å². The van der Waals surface area contributed by atoms with Crippen LogP contribution in [0.4, 0.5) is 0 Å². The van der Waals surface area contributed by atoms with E-state index in [1.165, 1.54) is 0 Å². The summed E-state index contributed by atoms with van der Waals surface area (Å²) in [5.74, 6) is 0.396. The second-order valence-corrected chi connectivity index (χ2v) is 8.26. The molecule has 3 amide bonds. The maximum atomic E-state index is 13.0. The standard InChI is InChI=1S/C19H25N5O3/c25-15-4-3-14(22-15)18(27)23-9-6-19(7-10-23)16-13(20-11-21-16)5-8-24(19)17(26)12-1-2-12/h11-12,14H,1-10H2,(H,20,21)(H,22,25)/t14-/m1/s1. The number of nitrogens with zero attached hydrogens (tertiary/aromatic N) is 3. The Bertz CT molecular complexity index is 791. The molecule has 1 aromatic heterocycles. The number of carbonyl (C=O) groups is 3. The number of likely N-dealkylation sites (tertiary alicyclic amines) is 1. The Kier molecular flexibility index (Phi) is 3.77. The van der Waals surface area contributed by atoms with Gasteiger partial charge >= 0.3 is 0 Å². The summed E-state index contributed by atoms with van der Waals surface area (Å²) in [6, 6.07) is -0.386. The molecular weight excluding hydrogens is 346 g/mol. The Hall–Kier alpha value is -2.38. The van der Waals surface area contributed by atoms with Gasteiger partial charge in [0, 0.05) is 44.1 Å². The minimum atomic E-state index is -0.400. The van der Waals surface area contributed by atoms with Gasteiger partial charge in [0.2, 0.25) is 17.7 Å². The molecule has 2 saturated heterocycles. The van der Waals surface area contributed by atoms with Gasteiger partial charge in [-0.25, -0.2) is 4.98 Å². The van der Waals surface area contributed by atoms with Crippen LogP contribution in [0.25, 0.3) is 0 Å². The average Bonchev–Trinajstić information content (AvgIpc) is 3.25. The highest BCUT2D eigenvalue weighted by Crippen LogP contribution is 2.45. The van der Waals surface area contributed by atoms with Gasteiger partial charge in [0.25, 0.3) is 0 Å². The lowest BCUT2D eigenvalue weighted by molar-refractivity contribution is -0.146. The third kappa shape index (κ3) is 2.64. The SMILES string of the molecule is O=C1CC[C@H](C(=O)N2CCC3(CC2)c2nc[nH]c2CCN3C(=O)C2CC2)N1. The second kappa shape index (κ2) is 6.07. The molecule has 144 valence electrons. The Balaban J connectivity index is 1.37. The van der Waals surface area contributed by atoms with Gasteiger partial charge in [-0.3, -0.25) is 14.4 Å². The summed E-state index contributed by atoms with van der Waals surface area (Å²) >= 11 is 0. The normalized spacial score (nSPS) is 26.8. The molecule has 3 fully saturated rings. The molecule has 0 bridgehead atoms. The van der Waals surface area contributed by atoms with Crippen LogP contribution in [0, 0.1) is 5.92 Å². The van der Waals surface area contributed by atoms with Crippen molar-refractivity contribution in [3.63, 3.8) is 0 Å². The maximum absolute atomic E-state index is 13.0. The molecule has 27 heavy (non-hydrogen) atoms. The van der Waals surface area contributed by atoms with Crippen LogP contribution >= 0.6 is 0 Å². The van der Waals surface area contributed by atoms with Gasteiger partial charge in [0.05, 0.1) is 17.6 Å². The van der Waals surface area contributed by atoms with Crippen molar-refractivity contribution in [1.29, 1.82) is 0 Å². The second-order valence-electron chi connectivity index (χ2n) is 8.26. The Labute approximate surface area is 157 Å². The van der Waals surface area contributed by atoms with E-state index in [0.717, 1.165) is 37.2 Å². The van der Waals surface area contributed by atoms with Crippen molar-refractivity contribution in [2.24, 2.45) is 5.92 Å². The van der Waals surface area contributed by atoms with Gasteiger partial charge in [-0.05, 0) is 32.1 Å². The van der Waals surface area contributed by atoms with E-state index >= 15 is 0 Å². The van der Waals surface area contributed by atoms with Crippen molar-refractivity contribution in [3.05, 3.63) is 17.7 Å². The molecule has 8 nitrogen and oxygen atoms in total. The predicted octanol–water partition coefficient (Wildman–Crippen LogP) is 0.301. The first-order valence-corrected chi connectivity index (χ1v) is 10.0. The number of fused-ring (bicyclic) bond motifs is 2. The number of hydrogen-bond donors (Lipinski definition) is 2. The number of aromatic amines is 1. The molecule has 3 aliphatic heterocycles. The molecule has 0 unspecified atom stereocenters. The quantitative estimate of drug-likeness (QED) is 0.781. The van der Waals surface area contributed by atoms with Crippen LogP contribution in [0.3, 0.4) is 0 Å². The van der Waals surface area contributed by atoms with Crippen molar-refractivity contribution >= 4 is 17.7 Å². The van der Waals surface area contributed by atoms with Gasteiger partial charge in [-0.2, -0.15) is 0 Å². The number of rotatable bonds is 2. The topological polar surface area (TPSA) is 98.4 Å². The van der Waals surface area contributed by atoms with Crippen LogP contribution < -0.4 is 5.32 Å². The zero-order chi connectivity index (χ0) is 18.6. The van der Waals surface area contributed by atoms with E-state index in [2.05, 4.69) is 20.2 Å². The monoisotopic (exact) mass is 371 g/mol. The summed E-state index contributed by atoms with van der Waals surface area (Å²) in [6.45, 7) is 1.90. The highest BCUT2D eigenvalue weighted by atomic mass is 16.2. The molecule has 2 N–H and O–H groups in total. The van der Waals surface area contributed by atoms with Crippen molar-refractivity contribution < 1.29 is 14.4 Å². The number of aromatic nitrogens is 2. The molecule has 1 saturated carbocycles. The van der Waals surface area contributed by atoms with Crippen LogP contribution in [0.5, 0.6) is 0 Å². The number of piperidine rings is 1. The lowest BCUT2D eigenvalue weighted by atomic mass is 9.78. The number of hydrogen-bond acceptors (Lipinski definition) is 4. The summed E-state index contributed by atoms with van der Waals surface area (Å²) in [6.07, 6.45) is 6.93. The third-order valence-corrected chi connectivity index (χ3v) is 6.65. The van der Waals surface area contributed by atoms with Gasteiger partial charge in [0.15, 0.2) is 0 Å². The molecule has 1 atom stereocenters. The summed E-state index contributed by atoms with van der Waals surface area (Å²) in [4.78, 5) is 48.9. The minimum Gasteiger partial charge on any atom is -0.348 e. The molecule has 8 heteroatoms. The van der Waals surface area contributed by atoms with Crippen LogP contribution in [0.1, 0.15) is 49.9 Å². The molecule has 1 spiro atoms. The van der Waals surface area contributed by atoms with Crippen molar-refractivity contribution in [2.45, 2.75) is 56.5 Å². The zero-order valence-electron chi connectivity index (χ0n) is 15.4. The van der Waals surface area contributed by atoms with E-state index in [9.17, 15) is 14.4 Å². The van der Waals surface area contributed by atoms with Crippen LogP contribution in [-0.4, -0.2) is 63.2 Å². The van der Waals surface area contributed by atoms with Crippen LogP contribution in [-0.2, 0) is 26.3 Å². The van der Waals surface area contributed by atoms with Gasteiger partial charge in [0.1, 0.15) is 6.04 Å². The number of nitrogens with one attached hydrogen (secondary N) is 2. The van der Waals surface area contributed by atoms with Crippen molar-refractivity contribution in [2.75, 3.05) is 19.6 Å². The third-order valence-electron chi connectivity index (χ3n) is 6.65. The number of H-pyrrole nitrogens is 1. The van der Waals surface area contributed by atoms with E-state index < -0.39 is 5.54 Å². The first-order valence-electron chi connectivity index (χ1n) is 10.0. The molecule has 1 aromatic rings. The molecule has 4 heterocycles. The maximum Gasteiger partial charge on any atom is 0.245 e. The summed E-state index contributed by atoms with van der Waals surface area (Å²) in [5, 5.41) is 2.77. The van der Waals surface area contributed by atoms with Crippen molar-refractivity contribution in [3.8, 4) is 0 Å². The van der Waals surface area contributed by atoms with E-state index in [4.69, 9.17) is 0 Å². The highest BCUT2D eigenvalue weighted by Gasteiger charge is 2.51. The largest absolute Gasteiger partial charge is 0.348 e. The fraction of sp³-hybridized carbons (Fsp3) is 0.684. The summed E-state index contributed by atoms with van der Waals surface area (Å²) in [7, 11) is 0. The number of imidazole rings is 1. The lowest BCUT2D eigenvalue weighted by Gasteiger charge is -2.50. The van der Waals surface area contributed by atoms with E-state index in [0.29, 0.717) is 38.8 Å². The van der Waals surface area contributed by atoms with E-state index in [1.807, 2.05) is 4.90 Å². The van der Waals surface area contributed by atoms with Gasteiger partial charge in [-0.15, -0.1) is 0 Å². The predicted molar refractivity (Wildman–Crippen MR) is 95.4 cm³/mol. The Morgan fingerprint density at radius 1 is 1.07 bits per heavy atom. The van der Waals surface area contributed by atoms with E-state index in [1.54, 1.807) is 6.33 Å². The minimum absolute atomic E-state index is 0.00818. The van der Waals surface area contributed by atoms with Crippen LogP contribution in [0.15, 0.2) is 6.33 Å². The Morgan fingerprint density at radius 3 is 2.52 bits per heavy atom. The molecule has 5 rings (SSSR count). The number of amides is 3. The van der Waals surface area contributed by atoms with Crippen molar-refractivity contribution in [1.82, 2.24) is 25.1 Å². The summed E-state index contributed by atoms with van der Waals surface area (Å²) in [5.41, 5.74) is 1.71. The molecular formula is C19H25N5O3. The highest BCUT2D eigenvalue weighted by molar-refractivity contribution is 5.91. The zero-order valence-corrected chi connectivity index (χ0v) is 15.4. The molecule has 4 aliphatic rings. The molecule has 0 radical (unpaired) electrons. The summed E-state index contributed by atoms with van der Waals surface area (Å²) < 4.78 is 0. The van der Waals surface area contributed by atoms with Gasteiger partial charge in [-0.1, -0.05) is 0 Å². The smallest absolute Gasteiger partial charge is 0.245 e. The Morgan fingerprint density at radius 2 is 1.85 bits per heavy atom. The fourth-order valence-corrected chi connectivity index (χ4v) is 4.97. The molecule has 1 aliphatic carbocycles. The van der Waals surface area contributed by atoms with Gasteiger partial charge < -0.3 is 20.1 Å². The molecule has 0 aromatic carbocycles. The average molecular weight is 371 g/mol. The lowest BCUT2D eigenvalue weighted by Crippen LogP contribution is -2.60. The number of carbonyl (C=O) groups excluding carboxylic acids is 3. The first kappa shape index (κ1) is 16.8. The van der Waals surface area contributed by atoms with E-state index in [-0.39, 0.29) is 29.7 Å². The first-order chi connectivity index (χ1) is 13.1. The fourth-order valence-electron chi connectivity index (χ4n) is 4.97.